The Morgan fingerprint density at radius 3 is 2.59 bits per heavy atom. The van der Waals surface area contributed by atoms with Crippen LogP contribution in [0.2, 0.25) is 0 Å². The summed E-state index contributed by atoms with van der Waals surface area (Å²) in [4.78, 5) is 15.3. The van der Waals surface area contributed by atoms with E-state index in [2.05, 4.69) is 4.98 Å². The zero-order valence-corrected chi connectivity index (χ0v) is 10.3. The smallest absolute Gasteiger partial charge is 0.293 e. The van der Waals surface area contributed by atoms with Crippen LogP contribution in [0.15, 0.2) is 0 Å². The monoisotopic (exact) mass is 263 g/mol. The molecule has 0 amide bonds. The van der Waals surface area contributed by atoms with Crippen LogP contribution >= 0.6 is 11.3 Å². The molecule has 2 atom stereocenters. The Labute approximate surface area is 101 Å². The van der Waals surface area contributed by atoms with Crippen LogP contribution < -0.4 is 0 Å². The van der Waals surface area contributed by atoms with Crippen molar-refractivity contribution in [1.82, 2.24) is 4.98 Å². The first kappa shape index (κ1) is 12.5. The van der Waals surface area contributed by atoms with E-state index in [0.29, 0.717) is 22.1 Å². The predicted octanol–water partition coefficient (Wildman–Crippen LogP) is 3.88. The van der Waals surface area contributed by atoms with Gasteiger partial charge in [-0.1, -0.05) is 13.3 Å². The largest absolute Gasteiger partial charge is 0.443 e. The van der Waals surface area contributed by atoms with Crippen LogP contribution in [-0.4, -0.2) is 10.8 Å². The third-order valence-corrected chi connectivity index (χ3v) is 4.25. The van der Waals surface area contributed by atoms with Crippen molar-refractivity contribution in [2.45, 2.75) is 38.8 Å². The number of Topliss-reactive ketones (excluding diaryl/α,β-unsaturated/α-hetero) is 1. The molecule has 0 radical (unpaired) electrons. The van der Waals surface area contributed by atoms with Gasteiger partial charge in [0.25, 0.3) is 0 Å². The number of aromatic nitrogens is 1. The first-order valence-corrected chi connectivity index (χ1v) is 6.25. The first-order valence-electron chi connectivity index (χ1n) is 5.43. The van der Waals surface area contributed by atoms with Gasteiger partial charge >= 0.3 is 6.18 Å². The van der Waals surface area contributed by atoms with Gasteiger partial charge < -0.3 is 0 Å². The lowest BCUT2D eigenvalue weighted by molar-refractivity contribution is -0.137. The van der Waals surface area contributed by atoms with Crippen molar-refractivity contribution in [3.8, 4) is 0 Å². The SMILES string of the molecule is CC[C@@H]1C[C@H]1c1sc(C(F)(F)F)nc1C(C)=O. The molecule has 2 nitrogen and oxygen atoms in total. The van der Waals surface area contributed by atoms with Gasteiger partial charge in [0.15, 0.2) is 10.8 Å². The van der Waals surface area contributed by atoms with Crippen LogP contribution in [0.1, 0.15) is 53.0 Å². The van der Waals surface area contributed by atoms with Gasteiger partial charge in [-0.2, -0.15) is 13.2 Å². The van der Waals surface area contributed by atoms with Gasteiger partial charge in [-0.3, -0.25) is 4.79 Å². The minimum Gasteiger partial charge on any atom is -0.293 e. The Hall–Kier alpha value is -0.910. The zero-order chi connectivity index (χ0) is 12.8. The fraction of sp³-hybridized carbons (Fsp3) is 0.636. The highest BCUT2D eigenvalue weighted by atomic mass is 32.1. The van der Waals surface area contributed by atoms with Crippen LogP contribution in [0.5, 0.6) is 0 Å². The molecule has 0 spiro atoms. The molecule has 0 unspecified atom stereocenters. The Morgan fingerprint density at radius 2 is 2.18 bits per heavy atom. The number of carbonyl (C=O) groups excluding carboxylic acids is 1. The molecule has 1 fully saturated rings. The fourth-order valence-corrected chi connectivity index (χ4v) is 3.16. The van der Waals surface area contributed by atoms with E-state index in [1.807, 2.05) is 6.92 Å². The molecule has 17 heavy (non-hydrogen) atoms. The molecule has 0 N–H and O–H groups in total. The Bertz CT molecular complexity index is 452. The van der Waals surface area contributed by atoms with E-state index in [-0.39, 0.29) is 17.4 Å². The predicted molar refractivity (Wildman–Crippen MR) is 58.3 cm³/mol. The quantitative estimate of drug-likeness (QED) is 0.775. The number of alkyl halides is 3. The van der Waals surface area contributed by atoms with Gasteiger partial charge in [0.05, 0.1) is 0 Å². The van der Waals surface area contributed by atoms with E-state index >= 15 is 0 Å². The fourth-order valence-electron chi connectivity index (χ4n) is 1.98. The van der Waals surface area contributed by atoms with Crippen molar-refractivity contribution < 1.29 is 18.0 Å². The topological polar surface area (TPSA) is 30.0 Å². The number of halogens is 3. The van der Waals surface area contributed by atoms with Gasteiger partial charge in [-0.05, 0) is 18.3 Å². The molecule has 1 aromatic rings. The first-order chi connectivity index (χ1) is 7.84. The van der Waals surface area contributed by atoms with Crippen LogP contribution in [0.3, 0.4) is 0 Å². The van der Waals surface area contributed by atoms with Crippen molar-refractivity contribution in [3.63, 3.8) is 0 Å². The number of carbonyl (C=O) groups is 1. The van der Waals surface area contributed by atoms with Crippen molar-refractivity contribution in [2.24, 2.45) is 5.92 Å². The summed E-state index contributed by atoms with van der Waals surface area (Å²) in [7, 11) is 0. The number of hydrogen-bond acceptors (Lipinski definition) is 3. The number of hydrogen-bond donors (Lipinski definition) is 0. The maximum Gasteiger partial charge on any atom is 0.443 e. The number of ketones is 1. The molecule has 0 saturated heterocycles. The molecule has 94 valence electrons. The standard InChI is InChI=1S/C11H12F3NOS/c1-3-6-4-7(6)9-8(5(2)16)15-10(17-9)11(12,13)14/h6-7H,3-4H2,1-2H3/t6-,7-/m1/s1. The highest BCUT2D eigenvalue weighted by Crippen LogP contribution is 2.53. The zero-order valence-electron chi connectivity index (χ0n) is 9.47. The summed E-state index contributed by atoms with van der Waals surface area (Å²) in [5.41, 5.74) is 0.0169. The Morgan fingerprint density at radius 1 is 1.53 bits per heavy atom. The van der Waals surface area contributed by atoms with Crippen LogP contribution in [0.4, 0.5) is 13.2 Å². The van der Waals surface area contributed by atoms with Crippen LogP contribution in [-0.2, 0) is 6.18 Å². The highest BCUT2D eigenvalue weighted by molar-refractivity contribution is 7.12. The average Bonchev–Trinajstić information content (AvgIpc) is 2.84. The van der Waals surface area contributed by atoms with Crippen molar-refractivity contribution in [1.29, 1.82) is 0 Å². The summed E-state index contributed by atoms with van der Waals surface area (Å²) in [5.74, 6) is 0.135. The second kappa shape index (κ2) is 4.08. The molecular formula is C11H12F3NOS. The molecule has 2 rings (SSSR count). The van der Waals surface area contributed by atoms with Gasteiger partial charge in [0, 0.05) is 11.8 Å². The van der Waals surface area contributed by atoms with E-state index in [1.165, 1.54) is 6.92 Å². The summed E-state index contributed by atoms with van der Waals surface area (Å²) >= 11 is 0.628. The van der Waals surface area contributed by atoms with E-state index in [9.17, 15) is 18.0 Å². The summed E-state index contributed by atoms with van der Waals surface area (Å²) in [5, 5.41) is -0.903. The lowest BCUT2D eigenvalue weighted by atomic mass is 10.2. The summed E-state index contributed by atoms with van der Waals surface area (Å²) in [6.07, 6.45) is -2.65. The van der Waals surface area contributed by atoms with Crippen molar-refractivity contribution in [2.75, 3.05) is 0 Å². The third kappa shape index (κ3) is 2.36. The van der Waals surface area contributed by atoms with Gasteiger partial charge in [0.1, 0.15) is 5.69 Å². The molecule has 1 aromatic heterocycles. The van der Waals surface area contributed by atoms with Gasteiger partial charge in [-0.25, -0.2) is 4.98 Å². The minimum atomic E-state index is -4.45. The van der Waals surface area contributed by atoms with Gasteiger partial charge in [0.2, 0.25) is 0 Å². The van der Waals surface area contributed by atoms with Crippen molar-refractivity contribution in [3.05, 3.63) is 15.6 Å². The lowest BCUT2D eigenvalue weighted by Gasteiger charge is -1.98. The maximum absolute atomic E-state index is 12.5. The molecular weight excluding hydrogens is 251 g/mol. The Kier molecular flexibility index (Phi) is 3.01. The molecule has 1 heterocycles. The summed E-state index contributed by atoms with van der Waals surface area (Å²) < 4.78 is 37.6. The number of nitrogens with zero attached hydrogens (tertiary/aromatic N) is 1. The maximum atomic E-state index is 12.5. The van der Waals surface area contributed by atoms with E-state index in [1.54, 1.807) is 0 Å². The van der Waals surface area contributed by atoms with Gasteiger partial charge in [-0.15, -0.1) is 11.3 Å². The molecule has 0 bridgehead atoms. The second-order valence-corrected chi connectivity index (χ2v) is 5.33. The average molecular weight is 263 g/mol. The second-order valence-electron chi connectivity index (χ2n) is 4.30. The van der Waals surface area contributed by atoms with Crippen LogP contribution in [0, 0.1) is 5.92 Å². The van der Waals surface area contributed by atoms with E-state index in [0.717, 1.165) is 12.8 Å². The Balaban J connectivity index is 2.37. The van der Waals surface area contributed by atoms with Crippen molar-refractivity contribution >= 4 is 17.1 Å². The molecule has 0 aromatic carbocycles. The number of thiazole rings is 1. The highest BCUT2D eigenvalue weighted by Gasteiger charge is 2.44. The third-order valence-electron chi connectivity index (χ3n) is 3.01. The summed E-state index contributed by atoms with van der Waals surface area (Å²) in [6, 6.07) is 0. The molecule has 0 aliphatic heterocycles. The molecule has 1 aliphatic carbocycles. The van der Waals surface area contributed by atoms with E-state index < -0.39 is 11.2 Å². The minimum absolute atomic E-state index is 0.0169. The molecule has 6 heteroatoms. The normalized spacial score (nSPS) is 23.8. The number of rotatable bonds is 3. The van der Waals surface area contributed by atoms with Crippen LogP contribution in [0.25, 0.3) is 0 Å². The lowest BCUT2D eigenvalue weighted by Crippen LogP contribution is -2.05. The molecule has 1 saturated carbocycles. The summed E-state index contributed by atoms with van der Waals surface area (Å²) in [6.45, 7) is 3.27. The van der Waals surface area contributed by atoms with E-state index in [4.69, 9.17) is 0 Å². The molecule has 1 aliphatic rings.